The molecule has 2 heterocycles. The molecule has 0 radical (unpaired) electrons. The minimum absolute atomic E-state index is 0.0108. The monoisotopic (exact) mass is 1000 g/mol. The zero-order chi connectivity index (χ0) is 54.0. The number of carbonyl (C=O) groups excluding carboxylic acids is 5. The fraction of sp³-hybridized carbons (Fsp3) is 0.772. The minimum Gasteiger partial charge on any atom is -0.464 e. The molecule has 408 valence electrons. The first-order chi connectivity index (χ1) is 33.6. The number of aliphatic hydroxyl groups excluding tert-OH is 2. The molecule has 6 unspecified atom stereocenters. The van der Waals surface area contributed by atoms with Crippen LogP contribution in [0.2, 0.25) is 0 Å². The Balaban J connectivity index is 0.000000664. The molecule has 0 aromatic carbocycles. The third-order valence-electron chi connectivity index (χ3n) is 14.0. The summed E-state index contributed by atoms with van der Waals surface area (Å²) < 4.78 is 27.5. The van der Waals surface area contributed by atoms with Gasteiger partial charge >= 0.3 is 5.97 Å². The van der Waals surface area contributed by atoms with Crippen LogP contribution in [0.1, 0.15) is 167 Å². The van der Waals surface area contributed by atoms with Crippen molar-refractivity contribution in [3.63, 3.8) is 0 Å². The first-order valence-electron chi connectivity index (χ1n) is 26.8. The number of likely N-dealkylation sites (tertiary alicyclic amines) is 1. The van der Waals surface area contributed by atoms with E-state index in [1.807, 2.05) is 59.8 Å². The molecule has 4 rings (SSSR count). The maximum Gasteiger partial charge on any atom is 0.328 e. The van der Waals surface area contributed by atoms with Crippen LogP contribution in [-0.4, -0.2) is 132 Å². The molecule has 2 saturated heterocycles. The number of rotatable bonds is 23. The topological polar surface area (TPSA) is 195 Å². The molecule has 2 aliphatic carbocycles. The van der Waals surface area contributed by atoms with E-state index in [4.69, 9.17) is 23.7 Å². The van der Waals surface area contributed by atoms with Gasteiger partial charge in [0.05, 0.1) is 37.6 Å². The van der Waals surface area contributed by atoms with E-state index in [0.29, 0.717) is 49.7 Å². The van der Waals surface area contributed by atoms with E-state index >= 15 is 0 Å². The van der Waals surface area contributed by atoms with Crippen molar-refractivity contribution in [1.29, 1.82) is 0 Å². The van der Waals surface area contributed by atoms with Crippen LogP contribution in [0.4, 0.5) is 0 Å². The van der Waals surface area contributed by atoms with Crippen LogP contribution in [0.5, 0.6) is 0 Å². The third kappa shape index (κ3) is 21.9. The highest BCUT2D eigenvalue weighted by Crippen LogP contribution is 2.33. The van der Waals surface area contributed by atoms with Crippen LogP contribution >= 0.6 is 0 Å². The van der Waals surface area contributed by atoms with E-state index in [2.05, 4.69) is 32.9 Å². The highest BCUT2D eigenvalue weighted by molar-refractivity contribution is 6.39. The van der Waals surface area contributed by atoms with Crippen molar-refractivity contribution in [3.05, 3.63) is 47.6 Å². The minimum atomic E-state index is -2.14. The molecule has 2 aliphatic heterocycles. The number of Topliss-reactive ketones (excluding diaryl/α,β-unsaturated/α-hetero) is 3. The van der Waals surface area contributed by atoms with Gasteiger partial charge in [-0.3, -0.25) is 19.2 Å². The van der Waals surface area contributed by atoms with Crippen LogP contribution in [0.15, 0.2) is 47.6 Å². The average molecular weight is 1000 g/mol. The molecule has 14 nitrogen and oxygen atoms in total. The summed E-state index contributed by atoms with van der Waals surface area (Å²) in [5.41, 5.74) is 1.77. The fourth-order valence-electron chi connectivity index (χ4n) is 9.11. The lowest BCUT2D eigenvalue weighted by Gasteiger charge is -2.39. The van der Waals surface area contributed by atoms with Crippen LogP contribution in [0.3, 0.4) is 0 Å². The molecule has 71 heavy (non-hydrogen) atoms. The normalized spacial score (nSPS) is 27.0. The van der Waals surface area contributed by atoms with Gasteiger partial charge in [0.25, 0.3) is 11.7 Å². The van der Waals surface area contributed by atoms with Crippen molar-refractivity contribution >= 4 is 29.2 Å². The lowest BCUT2D eigenvalue weighted by atomic mass is 9.80. The Morgan fingerprint density at radius 1 is 0.845 bits per heavy atom. The van der Waals surface area contributed by atoms with Gasteiger partial charge in [-0.1, -0.05) is 98.8 Å². The van der Waals surface area contributed by atoms with Crippen molar-refractivity contribution in [1.82, 2.24) is 4.90 Å². The lowest BCUT2D eigenvalue weighted by Crippen LogP contribution is -2.59. The number of ketones is 3. The predicted octanol–water partition coefficient (Wildman–Crippen LogP) is 9.26. The second kappa shape index (κ2) is 34.2. The number of nitrogens with zero attached hydrogens (tertiary/aromatic N) is 1. The summed E-state index contributed by atoms with van der Waals surface area (Å²) in [6, 6.07) is -0.831. The highest BCUT2D eigenvalue weighted by Gasteiger charge is 2.51. The number of aliphatic hydroxyl groups is 3. The van der Waals surface area contributed by atoms with Gasteiger partial charge in [0.15, 0.2) is 5.78 Å². The first-order valence-corrected chi connectivity index (χ1v) is 26.8. The highest BCUT2D eigenvalue weighted by atomic mass is 16.6. The molecule has 4 fully saturated rings. The van der Waals surface area contributed by atoms with Crippen LogP contribution in [0.25, 0.3) is 0 Å². The van der Waals surface area contributed by atoms with Crippen molar-refractivity contribution in [2.75, 3.05) is 34.0 Å². The molecule has 0 bridgehead atoms. The van der Waals surface area contributed by atoms with Crippen molar-refractivity contribution in [2.24, 2.45) is 35.5 Å². The van der Waals surface area contributed by atoms with Gasteiger partial charge < -0.3 is 43.9 Å². The van der Waals surface area contributed by atoms with E-state index in [1.54, 1.807) is 34.0 Å². The molecule has 1 amide bonds. The molecule has 0 aromatic heterocycles. The maximum atomic E-state index is 13.0. The van der Waals surface area contributed by atoms with E-state index < -0.39 is 53.7 Å². The summed E-state index contributed by atoms with van der Waals surface area (Å²) in [5.74, 6) is -5.01. The van der Waals surface area contributed by atoms with Crippen molar-refractivity contribution in [2.45, 2.75) is 216 Å². The number of hydrogen-bond donors (Lipinski definition) is 3. The number of piperidine rings is 1. The standard InChI is InChI=1S/C28H44O5.C25H41NO8.2C2H6/c1-18(12-10-9-11-13-19(2)24(7)33-25-14-15-25)16-21(4)26(30)28(32-8)27(31)22(5)17-20(3)23(6)29;1-16(13-18-9-10-20(27)21(14-18)32-3)15-33-24(30)19-8-4-5-11-26(19)23(29)22(28)25(31)17(2)7-6-12-34-25;2*1-2/h9-13,17-18,20-21,24-25,27-28,31H,14-16H2,1-8H3;16-21,27,31H,4-15H2,1-3H3;2*1-2H3/b11-9+,12-10?,19-13+,22-17+;;;/t18-,20-,21?,24+,27?,28+;16-,17?,18+,19?,20?,21-,25?;;/m11../s1. The molecule has 14 heteroatoms. The fourth-order valence-corrected chi connectivity index (χ4v) is 9.11. The maximum absolute atomic E-state index is 13.0. The summed E-state index contributed by atoms with van der Waals surface area (Å²) in [7, 11) is 3.05. The molecule has 4 aliphatic rings. The number of hydrogen-bond acceptors (Lipinski definition) is 13. The summed E-state index contributed by atoms with van der Waals surface area (Å²) in [6.07, 6.45) is 19.3. The number of ether oxygens (including phenoxy) is 5. The Morgan fingerprint density at radius 3 is 2.10 bits per heavy atom. The molecular weight excluding hydrogens is 907 g/mol. The zero-order valence-electron chi connectivity index (χ0n) is 46.4. The number of methoxy groups -OCH3 is 2. The summed E-state index contributed by atoms with van der Waals surface area (Å²) >= 11 is 0. The van der Waals surface area contributed by atoms with Gasteiger partial charge in [-0.25, -0.2) is 4.79 Å². The largest absolute Gasteiger partial charge is 0.464 e. The van der Waals surface area contributed by atoms with Gasteiger partial charge in [-0.2, -0.15) is 0 Å². The smallest absolute Gasteiger partial charge is 0.328 e. The Morgan fingerprint density at radius 2 is 1.51 bits per heavy atom. The number of esters is 1. The quantitative estimate of drug-likeness (QED) is 0.0380. The molecule has 2 saturated carbocycles. The molecular formula is C57H97NO13. The molecule has 0 spiro atoms. The Bertz CT molecular complexity index is 1740. The van der Waals surface area contributed by atoms with E-state index in [-0.39, 0.29) is 67.2 Å². The summed E-state index contributed by atoms with van der Waals surface area (Å²) in [5, 5.41) is 31.4. The Kier molecular flexibility index (Phi) is 31.6. The molecule has 0 aromatic rings. The Hall–Kier alpha value is -3.37. The van der Waals surface area contributed by atoms with Crippen molar-refractivity contribution in [3.8, 4) is 0 Å². The van der Waals surface area contributed by atoms with Crippen LogP contribution < -0.4 is 0 Å². The van der Waals surface area contributed by atoms with Gasteiger partial charge in [-0.05, 0) is 134 Å². The summed E-state index contributed by atoms with van der Waals surface area (Å²) in [6.45, 7) is 25.5. The van der Waals surface area contributed by atoms with Gasteiger partial charge in [0.2, 0.25) is 5.79 Å². The summed E-state index contributed by atoms with van der Waals surface area (Å²) in [4.78, 5) is 64.6. The van der Waals surface area contributed by atoms with E-state index in [9.17, 15) is 39.3 Å². The SMILES string of the molecule is CC.CC.CO[C@@H](C(=O)C(C)C[C@H](C)C=C/C=C/C=C(\C)[C@H](C)OC1CC1)C(O)/C(C)=C/[C@@H](C)C(C)=O.CO[C@@H]1C[C@H](C[C@@H](C)COC(=O)C2CCCCN2C(=O)C(=O)C2(O)OCCCC2C)CCC1O. The van der Waals surface area contributed by atoms with Crippen molar-refractivity contribution < 1.29 is 63.0 Å². The van der Waals surface area contributed by atoms with E-state index in [1.165, 1.54) is 37.3 Å². The van der Waals surface area contributed by atoms with Crippen LogP contribution in [0, 0.1) is 35.5 Å². The van der Waals surface area contributed by atoms with Gasteiger partial charge in [-0.15, -0.1) is 0 Å². The molecule has 3 N–H and O–H groups in total. The average Bonchev–Trinajstić information content (AvgIpc) is 4.19. The lowest BCUT2D eigenvalue weighted by molar-refractivity contribution is -0.240. The van der Waals surface area contributed by atoms with Gasteiger partial charge in [0.1, 0.15) is 24.0 Å². The van der Waals surface area contributed by atoms with Gasteiger partial charge in [0, 0.05) is 38.5 Å². The molecule has 13 atom stereocenters. The Labute approximate surface area is 428 Å². The predicted molar refractivity (Wildman–Crippen MR) is 279 cm³/mol. The van der Waals surface area contributed by atoms with E-state index in [0.717, 1.165) is 32.1 Å². The number of carbonyl (C=O) groups is 5. The first kappa shape index (κ1) is 65.6. The third-order valence-corrected chi connectivity index (χ3v) is 14.0. The van der Waals surface area contributed by atoms with Crippen LogP contribution in [-0.2, 0) is 47.7 Å². The number of allylic oxidation sites excluding steroid dienone is 6. The second-order valence-corrected chi connectivity index (χ2v) is 20.0. The number of amides is 1. The zero-order valence-corrected chi connectivity index (χ0v) is 46.4. The second-order valence-electron chi connectivity index (χ2n) is 20.0.